The van der Waals surface area contributed by atoms with Crippen LogP contribution in [0.1, 0.15) is 18.4 Å². The van der Waals surface area contributed by atoms with Gasteiger partial charge >= 0.3 is 0 Å². The van der Waals surface area contributed by atoms with Gasteiger partial charge < -0.3 is 14.4 Å². The van der Waals surface area contributed by atoms with Crippen LogP contribution in [0.3, 0.4) is 0 Å². The quantitative estimate of drug-likeness (QED) is 0.855. The van der Waals surface area contributed by atoms with Gasteiger partial charge in [-0.25, -0.2) is 0 Å². The molecule has 0 bridgehead atoms. The number of hydrogen-bond acceptors (Lipinski definition) is 4. The lowest BCUT2D eigenvalue weighted by Crippen LogP contribution is -2.44. The maximum Gasteiger partial charge on any atom is 0.229 e. The molecule has 0 unspecified atom stereocenters. The first-order chi connectivity index (χ1) is 12.3. The first kappa shape index (κ1) is 16.0. The van der Waals surface area contributed by atoms with Crippen molar-refractivity contribution in [2.45, 2.75) is 31.8 Å². The number of amides is 1. The molecule has 1 fully saturated rings. The zero-order chi connectivity index (χ0) is 17.2. The van der Waals surface area contributed by atoms with Crippen LogP contribution in [0.25, 0.3) is 0 Å². The van der Waals surface area contributed by atoms with Gasteiger partial charge in [0.15, 0.2) is 11.5 Å². The molecule has 0 aliphatic carbocycles. The summed E-state index contributed by atoms with van der Waals surface area (Å²) >= 11 is 0. The number of hydrogen-bond donors (Lipinski definition) is 0. The molecule has 1 aromatic carbocycles. The van der Waals surface area contributed by atoms with Gasteiger partial charge in [-0.15, -0.1) is 0 Å². The second kappa shape index (κ2) is 6.78. The lowest BCUT2D eigenvalue weighted by Gasteiger charge is -2.32. The normalized spacial score (nSPS) is 22.4. The van der Waals surface area contributed by atoms with Crippen LogP contribution >= 0.6 is 0 Å². The van der Waals surface area contributed by atoms with E-state index < -0.39 is 0 Å². The molecule has 6 heteroatoms. The third-order valence-electron chi connectivity index (χ3n) is 5.14. The molecule has 0 spiro atoms. The molecule has 3 heterocycles. The van der Waals surface area contributed by atoms with E-state index in [9.17, 15) is 4.79 Å². The summed E-state index contributed by atoms with van der Waals surface area (Å²) in [5, 5.41) is 4.27. The van der Waals surface area contributed by atoms with Crippen LogP contribution in [0.15, 0.2) is 36.7 Å². The van der Waals surface area contributed by atoms with Gasteiger partial charge in [0.2, 0.25) is 5.91 Å². The standard InChI is InChI=1S/C19H23N3O3/c1-24-17-7-2-5-14-11-15(13-25-18(14)17)19(23)22-10-3-6-16(22)12-21-9-4-8-20-21/h2,4-5,7-9,15-16H,3,6,10-13H2,1H3/t15-,16+/m0/s1. The predicted octanol–water partition coefficient (Wildman–Crippen LogP) is 2.13. The van der Waals surface area contributed by atoms with Crippen LogP contribution < -0.4 is 9.47 Å². The molecule has 132 valence electrons. The van der Waals surface area contributed by atoms with Crippen molar-refractivity contribution in [2.75, 3.05) is 20.3 Å². The van der Waals surface area contributed by atoms with Crippen molar-refractivity contribution in [3.63, 3.8) is 0 Å². The van der Waals surface area contributed by atoms with Crippen LogP contribution in [0.4, 0.5) is 0 Å². The van der Waals surface area contributed by atoms with E-state index in [2.05, 4.69) is 5.10 Å². The Bertz CT molecular complexity index is 744. The fourth-order valence-corrected chi connectivity index (χ4v) is 3.89. The van der Waals surface area contributed by atoms with E-state index in [-0.39, 0.29) is 17.9 Å². The number of rotatable bonds is 4. The number of aromatic nitrogens is 2. The van der Waals surface area contributed by atoms with Crippen LogP contribution in [0.5, 0.6) is 11.5 Å². The largest absolute Gasteiger partial charge is 0.493 e. The molecule has 0 saturated carbocycles. The van der Waals surface area contributed by atoms with Gasteiger partial charge in [-0.2, -0.15) is 5.10 Å². The summed E-state index contributed by atoms with van der Waals surface area (Å²) in [5.74, 6) is 1.59. The van der Waals surface area contributed by atoms with Gasteiger partial charge in [-0.1, -0.05) is 12.1 Å². The highest BCUT2D eigenvalue weighted by molar-refractivity contribution is 5.80. The molecule has 2 aliphatic heterocycles. The number of fused-ring (bicyclic) bond motifs is 1. The lowest BCUT2D eigenvalue weighted by atomic mass is 9.95. The molecule has 2 aromatic rings. The van der Waals surface area contributed by atoms with Gasteiger partial charge in [0.05, 0.1) is 25.6 Å². The van der Waals surface area contributed by atoms with E-state index in [1.165, 1.54) is 0 Å². The molecule has 25 heavy (non-hydrogen) atoms. The molecular weight excluding hydrogens is 318 g/mol. The first-order valence-corrected chi connectivity index (χ1v) is 8.83. The van der Waals surface area contributed by atoms with Gasteiger partial charge in [-0.05, 0) is 37.0 Å². The highest BCUT2D eigenvalue weighted by Crippen LogP contribution is 2.37. The summed E-state index contributed by atoms with van der Waals surface area (Å²) in [6.45, 7) is 2.00. The molecule has 6 nitrogen and oxygen atoms in total. The average Bonchev–Trinajstić information content (AvgIpc) is 3.32. The van der Waals surface area contributed by atoms with Gasteiger partial charge in [0.1, 0.15) is 6.61 Å². The van der Waals surface area contributed by atoms with Crippen LogP contribution in [0.2, 0.25) is 0 Å². The summed E-state index contributed by atoms with van der Waals surface area (Å²) < 4.78 is 13.2. The Kier molecular flexibility index (Phi) is 4.34. The van der Waals surface area contributed by atoms with Crippen molar-refractivity contribution in [3.8, 4) is 11.5 Å². The summed E-state index contributed by atoms with van der Waals surface area (Å²) in [5.41, 5.74) is 1.05. The fourth-order valence-electron chi connectivity index (χ4n) is 3.89. The van der Waals surface area contributed by atoms with Crippen LogP contribution in [-0.4, -0.2) is 46.9 Å². The fraction of sp³-hybridized carbons (Fsp3) is 0.474. The molecule has 4 rings (SSSR count). The van der Waals surface area contributed by atoms with E-state index in [0.717, 1.165) is 43.0 Å². The van der Waals surface area contributed by atoms with E-state index >= 15 is 0 Å². The summed E-state index contributed by atoms with van der Waals surface area (Å²) in [4.78, 5) is 15.1. The Labute approximate surface area is 147 Å². The number of nitrogens with zero attached hydrogens (tertiary/aromatic N) is 3. The topological polar surface area (TPSA) is 56.6 Å². The van der Waals surface area contributed by atoms with Crippen LogP contribution in [0, 0.1) is 5.92 Å². The van der Waals surface area contributed by atoms with Crippen molar-refractivity contribution in [2.24, 2.45) is 5.92 Å². The minimum Gasteiger partial charge on any atom is -0.493 e. The Balaban J connectivity index is 1.47. The Morgan fingerprint density at radius 2 is 2.32 bits per heavy atom. The third-order valence-corrected chi connectivity index (χ3v) is 5.14. The molecule has 1 amide bonds. The second-order valence-corrected chi connectivity index (χ2v) is 6.72. The average molecular weight is 341 g/mol. The van der Waals surface area contributed by atoms with E-state index in [1.807, 2.05) is 40.0 Å². The Morgan fingerprint density at radius 3 is 3.12 bits per heavy atom. The van der Waals surface area contributed by atoms with Crippen molar-refractivity contribution in [1.29, 1.82) is 0 Å². The molecule has 1 aromatic heterocycles. The number of carbonyl (C=O) groups excluding carboxylic acids is 1. The lowest BCUT2D eigenvalue weighted by molar-refractivity contribution is -0.138. The Morgan fingerprint density at radius 1 is 1.40 bits per heavy atom. The van der Waals surface area contributed by atoms with Crippen molar-refractivity contribution < 1.29 is 14.3 Å². The van der Waals surface area contributed by atoms with Gasteiger partial charge in [-0.3, -0.25) is 9.48 Å². The predicted molar refractivity (Wildman–Crippen MR) is 92.6 cm³/mol. The van der Waals surface area contributed by atoms with Crippen molar-refractivity contribution in [3.05, 3.63) is 42.2 Å². The monoisotopic (exact) mass is 341 g/mol. The SMILES string of the molecule is COc1cccc2c1OC[C@@H](C(=O)N1CCC[C@@H]1Cn1cccn1)C2. The Hall–Kier alpha value is -2.50. The highest BCUT2D eigenvalue weighted by atomic mass is 16.5. The smallest absolute Gasteiger partial charge is 0.229 e. The van der Waals surface area contributed by atoms with E-state index in [1.54, 1.807) is 13.3 Å². The maximum atomic E-state index is 13.1. The minimum absolute atomic E-state index is 0.127. The summed E-state index contributed by atoms with van der Waals surface area (Å²) in [6, 6.07) is 7.99. The maximum absolute atomic E-state index is 13.1. The number of carbonyl (C=O) groups is 1. The van der Waals surface area contributed by atoms with Crippen molar-refractivity contribution >= 4 is 5.91 Å². The molecular formula is C19H23N3O3. The zero-order valence-corrected chi connectivity index (χ0v) is 14.4. The number of ether oxygens (including phenoxy) is 2. The summed E-state index contributed by atoms with van der Waals surface area (Å²) in [6.07, 6.45) is 6.52. The molecule has 2 aliphatic rings. The second-order valence-electron chi connectivity index (χ2n) is 6.72. The third kappa shape index (κ3) is 3.08. The van der Waals surface area contributed by atoms with E-state index in [4.69, 9.17) is 9.47 Å². The minimum atomic E-state index is -0.127. The van der Waals surface area contributed by atoms with Crippen molar-refractivity contribution in [1.82, 2.24) is 14.7 Å². The van der Waals surface area contributed by atoms with Gasteiger partial charge in [0, 0.05) is 18.9 Å². The summed E-state index contributed by atoms with van der Waals surface area (Å²) in [7, 11) is 1.64. The van der Waals surface area contributed by atoms with Gasteiger partial charge in [0.25, 0.3) is 0 Å². The zero-order valence-electron chi connectivity index (χ0n) is 14.4. The number of para-hydroxylation sites is 1. The highest BCUT2D eigenvalue weighted by Gasteiger charge is 2.36. The first-order valence-electron chi connectivity index (χ1n) is 8.83. The molecule has 0 N–H and O–H groups in total. The number of methoxy groups -OCH3 is 1. The molecule has 0 radical (unpaired) electrons. The molecule has 2 atom stereocenters. The van der Waals surface area contributed by atoms with Crippen LogP contribution in [-0.2, 0) is 17.8 Å². The molecule has 1 saturated heterocycles. The number of benzene rings is 1. The number of likely N-dealkylation sites (tertiary alicyclic amines) is 1. The van der Waals surface area contributed by atoms with E-state index in [0.29, 0.717) is 13.0 Å².